The van der Waals surface area contributed by atoms with Crippen LogP contribution in [-0.4, -0.2) is 34.9 Å². The Balaban J connectivity index is 0.981. The van der Waals surface area contributed by atoms with Gasteiger partial charge in [-0.1, -0.05) is 72.8 Å². The summed E-state index contributed by atoms with van der Waals surface area (Å²) >= 11 is 0. The second kappa shape index (κ2) is 14.5. The number of aromatic amines is 1. The summed E-state index contributed by atoms with van der Waals surface area (Å²) in [6.45, 7) is 1.56. The van der Waals surface area contributed by atoms with Crippen LogP contribution in [0.1, 0.15) is 46.1 Å². The zero-order valence-electron chi connectivity index (χ0n) is 27.6. The molecule has 0 aliphatic carbocycles. The van der Waals surface area contributed by atoms with Crippen molar-refractivity contribution in [3.63, 3.8) is 0 Å². The van der Waals surface area contributed by atoms with E-state index in [0.717, 1.165) is 60.3 Å². The predicted molar refractivity (Wildman–Crippen MR) is 191 cm³/mol. The highest BCUT2D eigenvalue weighted by molar-refractivity contribution is 6.08. The van der Waals surface area contributed by atoms with Crippen LogP contribution in [0.2, 0.25) is 0 Å². The molecule has 1 atom stereocenters. The first-order chi connectivity index (χ1) is 24.7. The van der Waals surface area contributed by atoms with Crippen LogP contribution >= 0.6 is 0 Å². The summed E-state index contributed by atoms with van der Waals surface area (Å²) in [5, 5.41) is 2.92. The zero-order chi connectivity index (χ0) is 35.4. The van der Waals surface area contributed by atoms with Gasteiger partial charge in [0.05, 0.1) is 22.5 Å². The number of alkyl halides is 3. The van der Waals surface area contributed by atoms with Crippen LogP contribution in [0.15, 0.2) is 127 Å². The molecule has 1 unspecified atom stereocenters. The third-order valence-electron chi connectivity index (χ3n) is 9.40. The predicted octanol–water partition coefficient (Wildman–Crippen LogP) is 9.24. The van der Waals surface area contributed by atoms with Crippen molar-refractivity contribution in [1.82, 2.24) is 9.97 Å². The van der Waals surface area contributed by atoms with Crippen LogP contribution in [0.5, 0.6) is 0 Å². The fourth-order valence-corrected chi connectivity index (χ4v) is 6.78. The van der Waals surface area contributed by atoms with E-state index in [0.29, 0.717) is 28.2 Å². The third-order valence-corrected chi connectivity index (χ3v) is 9.40. The van der Waals surface area contributed by atoms with Gasteiger partial charge in [-0.25, -0.2) is 4.98 Å². The van der Waals surface area contributed by atoms with E-state index in [1.807, 2.05) is 78.9 Å². The second-order valence-corrected chi connectivity index (χ2v) is 12.6. The number of imidazole rings is 1. The van der Waals surface area contributed by atoms with Crippen molar-refractivity contribution in [2.45, 2.75) is 31.5 Å². The molecular weight excluding hydrogens is 653 g/mol. The van der Waals surface area contributed by atoms with E-state index in [1.165, 1.54) is 12.1 Å². The van der Waals surface area contributed by atoms with Gasteiger partial charge >= 0.3 is 12.1 Å². The number of nitrogens with one attached hydrogen (secondary N) is 2. The molecule has 6 aromatic rings. The highest BCUT2D eigenvalue weighted by Crippen LogP contribution is 2.36. The van der Waals surface area contributed by atoms with Crippen molar-refractivity contribution < 1.29 is 27.5 Å². The first-order valence-electron chi connectivity index (χ1n) is 16.8. The van der Waals surface area contributed by atoms with Crippen LogP contribution in [0, 0.1) is 5.92 Å². The fraction of sp³-hybridized carbons (Fsp3) is 0.195. The minimum atomic E-state index is -4.44. The standard InChI is InChI=1S/C41H35F3N4O3/c42-41(43,44)30-16-14-27(15-17-30)33-10-4-5-11-34(33)39(49)45-31-18-20-32(21-19-31)48-24-22-29(23-25-48)38(28-8-2-1-3-9-28)40(50)51-26-37-46-35-12-6-7-13-36(35)47-37/h1-21,29,38H,22-26H2,(H,45,49)(H,46,47). The van der Waals surface area contributed by atoms with E-state index < -0.39 is 17.7 Å². The number of piperidine rings is 1. The summed E-state index contributed by atoms with van der Waals surface area (Å²) in [4.78, 5) is 37.0. The lowest BCUT2D eigenvalue weighted by Gasteiger charge is -2.36. The van der Waals surface area contributed by atoms with Gasteiger partial charge in [-0.15, -0.1) is 0 Å². The number of carbonyl (C=O) groups is 2. The number of rotatable bonds is 9. The first kappa shape index (κ1) is 33.6. The number of nitrogens with zero attached hydrogens (tertiary/aromatic N) is 2. The molecule has 7 rings (SSSR count). The van der Waals surface area contributed by atoms with Gasteiger partial charge in [0.2, 0.25) is 0 Å². The Morgan fingerprint density at radius 3 is 2.20 bits per heavy atom. The zero-order valence-corrected chi connectivity index (χ0v) is 27.6. The number of anilines is 2. The topological polar surface area (TPSA) is 87.3 Å². The molecule has 2 N–H and O–H groups in total. The molecule has 1 fully saturated rings. The van der Waals surface area contributed by atoms with Gasteiger partial charge < -0.3 is 19.9 Å². The molecule has 5 aromatic carbocycles. The summed E-state index contributed by atoms with van der Waals surface area (Å²) in [5.41, 5.74) is 4.92. The minimum Gasteiger partial charge on any atom is -0.457 e. The largest absolute Gasteiger partial charge is 0.457 e. The van der Waals surface area contributed by atoms with Gasteiger partial charge in [-0.05, 0) is 90.0 Å². The van der Waals surface area contributed by atoms with Crippen molar-refractivity contribution in [2.75, 3.05) is 23.3 Å². The molecule has 1 aromatic heterocycles. The molecular formula is C41H35F3N4O3. The van der Waals surface area contributed by atoms with E-state index in [9.17, 15) is 22.8 Å². The quantitative estimate of drug-likeness (QED) is 0.148. The van der Waals surface area contributed by atoms with Gasteiger partial charge in [0.15, 0.2) is 0 Å². The van der Waals surface area contributed by atoms with E-state index >= 15 is 0 Å². The van der Waals surface area contributed by atoms with Crippen LogP contribution in [-0.2, 0) is 22.3 Å². The lowest BCUT2D eigenvalue weighted by molar-refractivity contribution is -0.148. The lowest BCUT2D eigenvalue weighted by atomic mass is 9.80. The van der Waals surface area contributed by atoms with Gasteiger partial charge in [0, 0.05) is 30.0 Å². The van der Waals surface area contributed by atoms with Crippen molar-refractivity contribution in [3.8, 4) is 11.1 Å². The Morgan fingerprint density at radius 2 is 1.49 bits per heavy atom. The molecule has 1 amide bonds. The number of hydrogen-bond donors (Lipinski definition) is 2. The average molecular weight is 689 g/mol. The van der Waals surface area contributed by atoms with E-state index in [2.05, 4.69) is 20.2 Å². The first-order valence-corrected chi connectivity index (χ1v) is 16.8. The van der Waals surface area contributed by atoms with Gasteiger partial charge in [0.1, 0.15) is 12.4 Å². The number of esters is 1. The summed E-state index contributed by atoms with van der Waals surface area (Å²) in [6, 6.07) is 36.7. The smallest absolute Gasteiger partial charge is 0.416 e. The molecule has 7 nitrogen and oxygen atoms in total. The summed E-state index contributed by atoms with van der Waals surface area (Å²) in [6.07, 6.45) is -2.86. The number of amides is 1. The highest BCUT2D eigenvalue weighted by Gasteiger charge is 2.34. The number of halogens is 3. The molecule has 1 aliphatic heterocycles. The Kier molecular flexibility index (Phi) is 9.57. The number of carbonyl (C=O) groups excluding carboxylic acids is 2. The number of fused-ring (bicyclic) bond motifs is 1. The molecule has 10 heteroatoms. The molecule has 0 radical (unpaired) electrons. The summed E-state index contributed by atoms with van der Waals surface area (Å²) in [5.74, 6) is -0.330. The van der Waals surface area contributed by atoms with Gasteiger partial charge in [0.25, 0.3) is 5.91 Å². The number of aromatic nitrogens is 2. The molecule has 1 saturated heterocycles. The maximum absolute atomic E-state index is 13.6. The van der Waals surface area contributed by atoms with E-state index in [1.54, 1.807) is 24.3 Å². The number of H-pyrrole nitrogens is 1. The Labute approximate surface area is 293 Å². The molecule has 258 valence electrons. The SMILES string of the molecule is O=C(Nc1ccc(N2CCC(C(C(=O)OCc3nc4ccccc4[nH]3)c3ccccc3)CC2)cc1)c1ccccc1-c1ccc(C(F)(F)F)cc1. The monoisotopic (exact) mass is 688 g/mol. The van der Waals surface area contributed by atoms with Gasteiger partial charge in [-0.3, -0.25) is 9.59 Å². The minimum absolute atomic E-state index is 0.0687. The maximum Gasteiger partial charge on any atom is 0.416 e. The number of benzene rings is 5. The second-order valence-electron chi connectivity index (χ2n) is 12.6. The third kappa shape index (κ3) is 7.65. The number of ether oxygens (including phenoxy) is 1. The van der Waals surface area contributed by atoms with Crippen LogP contribution in [0.25, 0.3) is 22.2 Å². The highest BCUT2D eigenvalue weighted by atomic mass is 19.4. The summed E-state index contributed by atoms with van der Waals surface area (Å²) < 4.78 is 45.1. The number of hydrogen-bond acceptors (Lipinski definition) is 5. The molecule has 51 heavy (non-hydrogen) atoms. The Bertz CT molecular complexity index is 2090. The van der Waals surface area contributed by atoms with Crippen molar-refractivity contribution in [2.24, 2.45) is 5.92 Å². The van der Waals surface area contributed by atoms with Crippen LogP contribution in [0.4, 0.5) is 24.5 Å². The van der Waals surface area contributed by atoms with E-state index in [4.69, 9.17) is 4.74 Å². The summed E-state index contributed by atoms with van der Waals surface area (Å²) in [7, 11) is 0. The van der Waals surface area contributed by atoms with E-state index in [-0.39, 0.29) is 24.4 Å². The fourth-order valence-electron chi connectivity index (χ4n) is 6.78. The van der Waals surface area contributed by atoms with Crippen molar-refractivity contribution in [3.05, 3.63) is 150 Å². The number of para-hydroxylation sites is 2. The van der Waals surface area contributed by atoms with Crippen molar-refractivity contribution in [1.29, 1.82) is 0 Å². The van der Waals surface area contributed by atoms with Gasteiger partial charge in [-0.2, -0.15) is 13.2 Å². The molecule has 0 spiro atoms. The Hall–Kier alpha value is -5.90. The van der Waals surface area contributed by atoms with Crippen LogP contribution in [0.3, 0.4) is 0 Å². The Morgan fingerprint density at radius 1 is 0.824 bits per heavy atom. The molecule has 0 saturated carbocycles. The lowest BCUT2D eigenvalue weighted by Crippen LogP contribution is -2.37. The molecule has 2 heterocycles. The normalized spacial score (nSPS) is 14.3. The average Bonchev–Trinajstić information content (AvgIpc) is 3.58. The maximum atomic E-state index is 13.6. The van der Waals surface area contributed by atoms with Crippen LogP contribution < -0.4 is 10.2 Å². The molecule has 0 bridgehead atoms. The van der Waals surface area contributed by atoms with Crippen molar-refractivity contribution >= 4 is 34.3 Å². The molecule has 1 aliphatic rings.